The van der Waals surface area contributed by atoms with E-state index in [9.17, 15) is 8.78 Å². The minimum atomic E-state index is -1.55. The molecule has 3 aliphatic carbocycles. The normalized spacial score (nSPS) is 47.5. The number of alkyl halides is 2. The Morgan fingerprint density at radius 3 is 1.75 bits per heavy atom. The van der Waals surface area contributed by atoms with Gasteiger partial charge in [-0.3, -0.25) is 0 Å². The van der Waals surface area contributed by atoms with E-state index in [2.05, 4.69) is 6.92 Å². The highest BCUT2D eigenvalue weighted by Gasteiger charge is 2.42. The van der Waals surface area contributed by atoms with E-state index < -0.39 is 24.6 Å². The van der Waals surface area contributed by atoms with Crippen LogP contribution in [-0.4, -0.2) is 37.8 Å². The molecule has 3 fully saturated rings. The van der Waals surface area contributed by atoms with Crippen molar-refractivity contribution in [1.82, 2.24) is 0 Å². The molecule has 2 nitrogen and oxygen atoms in total. The molecule has 0 amide bonds. The van der Waals surface area contributed by atoms with Crippen LogP contribution in [0.5, 0.6) is 0 Å². The third-order valence-electron chi connectivity index (χ3n) is 6.87. The fraction of sp³-hybridized carbons (Fsp3) is 1.00. The summed E-state index contributed by atoms with van der Waals surface area (Å²) in [6, 6.07) is 0. The molecule has 0 aromatic carbocycles. The highest BCUT2D eigenvalue weighted by Crippen LogP contribution is 2.41. The Labute approximate surface area is 145 Å². The highest BCUT2D eigenvalue weighted by atomic mass is 19.2. The monoisotopic (exact) mass is 344 g/mol. The Bertz CT molecular complexity index is 376. The van der Waals surface area contributed by atoms with Gasteiger partial charge in [0.25, 0.3) is 0 Å². The molecule has 0 spiro atoms. The van der Waals surface area contributed by atoms with Crippen LogP contribution < -0.4 is 0 Å². The van der Waals surface area contributed by atoms with Crippen LogP contribution in [-0.2, 0) is 9.47 Å². The summed E-state index contributed by atoms with van der Waals surface area (Å²) in [5.74, 6) is 2.62. The van der Waals surface area contributed by atoms with Gasteiger partial charge in [-0.15, -0.1) is 0 Å². The summed E-state index contributed by atoms with van der Waals surface area (Å²) in [6.07, 6.45) is 6.94. The van der Waals surface area contributed by atoms with Gasteiger partial charge in [0.1, 0.15) is 0 Å². The molecule has 4 atom stereocenters. The van der Waals surface area contributed by atoms with Gasteiger partial charge < -0.3 is 9.47 Å². The van der Waals surface area contributed by atoms with Crippen molar-refractivity contribution >= 4 is 0 Å². The van der Waals surface area contributed by atoms with Crippen molar-refractivity contribution < 1.29 is 18.3 Å². The summed E-state index contributed by atoms with van der Waals surface area (Å²) in [4.78, 5) is 0. The maximum Gasteiger partial charge on any atom is 0.160 e. The summed E-state index contributed by atoms with van der Waals surface area (Å²) >= 11 is 0. The SMILES string of the molecule is COC1CCC(OC2CCC(C3CCC(C)CC3)CC2)C(F)C1F. The lowest BCUT2D eigenvalue weighted by molar-refractivity contribution is -0.136. The van der Waals surface area contributed by atoms with Gasteiger partial charge in [-0.25, -0.2) is 8.78 Å². The Hall–Kier alpha value is -0.220. The van der Waals surface area contributed by atoms with E-state index >= 15 is 0 Å². The molecule has 0 saturated heterocycles. The van der Waals surface area contributed by atoms with Crippen LogP contribution in [0.15, 0.2) is 0 Å². The Kier molecular flexibility index (Phi) is 6.53. The molecule has 4 heteroatoms. The molecule has 0 bridgehead atoms. The average Bonchev–Trinajstić information content (AvgIpc) is 2.61. The molecule has 0 aromatic heterocycles. The molecule has 24 heavy (non-hydrogen) atoms. The summed E-state index contributed by atoms with van der Waals surface area (Å²) in [5, 5.41) is 0. The van der Waals surface area contributed by atoms with Crippen molar-refractivity contribution in [1.29, 1.82) is 0 Å². The average molecular weight is 344 g/mol. The van der Waals surface area contributed by atoms with Crippen LogP contribution in [0.1, 0.15) is 71.1 Å². The minimum absolute atomic E-state index is 0.123. The van der Waals surface area contributed by atoms with Crippen molar-refractivity contribution in [3.05, 3.63) is 0 Å². The van der Waals surface area contributed by atoms with Crippen molar-refractivity contribution in [3.63, 3.8) is 0 Å². The largest absolute Gasteiger partial charge is 0.378 e. The van der Waals surface area contributed by atoms with E-state index in [0.29, 0.717) is 12.8 Å². The summed E-state index contributed by atoms with van der Waals surface area (Å²) < 4.78 is 39.3. The predicted molar refractivity (Wildman–Crippen MR) is 91.6 cm³/mol. The topological polar surface area (TPSA) is 18.5 Å². The maximum atomic E-state index is 14.3. The van der Waals surface area contributed by atoms with Crippen molar-refractivity contribution in [2.45, 2.75) is 102 Å². The fourth-order valence-corrected chi connectivity index (χ4v) is 5.15. The zero-order valence-electron chi connectivity index (χ0n) is 15.3. The number of hydrogen-bond donors (Lipinski definition) is 0. The van der Waals surface area contributed by atoms with E-state index in [4.69, 9.17) is 9.47 Å². The third kappa shape index (κ3) is 4.30. The molecule has 4 unspecified atom stereocenters. The van der Waals surface area contributed by atoms with Gasteiger partial charge in [-0.05, 0) is 69.1 Å². The number of rotatable bonds is 4. The van der Waals surface area contributed by atoms with E-state index in [0.717, 1.165) is 30.6 Å². The fourth-order valence-electron chi connectivity index (χ4n) is 5.15. The van der Waals surface area contributed by atoms with Crippen LogP contribution in [0.3, 0.4) is 0 Å². The molecule has 0 N–H and O–H groups in total. The minimum Gasteiger partial charge on any atom is -0.378 e. The third-order valence-corrected chi connectivity index (χ3v) is 6.87. The van der Waals surface area contributed by atoms with Crippen LogP contribution in [0.25, 0.3) is 0 Å². The lowest BCUT2D eigenvalue weighted by Crippen LogP contribution is -2.47. The van der Waals surface area contributed by atoms with Gasteiger partial charge in [0.15, 0.2) is 12.3 Å². The lowest BCUT2D eigenvalue weighted by Gasteiger charge is -2.40. The molecule has 3 saturated carbocycles. The first-order chi connectivity index (χ1) is 11.6. The van der Waals surface area contributed by atoms with Gasteiger partial charge in [0.2, 0.25) is 0 Å². The number of methoxy groups -OCH3 is 1. The van der Waals surface area contributed by atoms with Gasteiger partial charge in [-0.1, -0.05) is 19.8 Å². The lowest BCUT2D eigenvalue weighted by atomic mass is 9.71. The highest BCUT2D eigenvalue weighted by molar-refractivity contribution is 4.91. The molecule has 0 radical (unpaired) electrons. The molecule has 3 aliphatic rings. The van der Waals surface area contributed by atoms with E-state index in [1.54, 1.807) is 0 Å². The number of hydrogen-bond acceptors (Lipinski definition) is 2. The number of halogens is 2. The molecule has 0 heterocycles. The van der Waals surface area contributed by atoms with Crippen molar-refractivity contribution in [2.24, 2.45) is 17.8 Å². The van der Waals surface area contributed by atoms with Gasteiger partial charge >= 0.3 is 0 Å². The smallest absolute Gasteiger partial charge is 0.160 e. The zero-order chi connectivity index (χ0) is 17.1. The van der Waals surface area contributed by atoms with Crippen LogP contribution in [0.4, 0.5) is 8.78 Å². The van der Waals surface area contributed by atoms with E-state index in [1.807, 2.05) is 0 Å². The first-order valence-electron chi connectivity index (χ1n) is 10.0. The molecule has 3 rings (SSSR count). The van der Waals surface area contributed by atoms with Gasteiger partial charge in [0, 0.05) is 7.11 Å². The molecular formula is C20H34F2O2. The standard InChI is InChI=1S/C20H34F2O2/c1-13-3-5-14(6-4-13)15-7-9-16(10-8-15)24-18-12-11-17(23-2)19(21)20(18)22/h13-20H,3-12H2,1-2H3. The van der Waals surface area contributed by atoms with E-state index in [-0.39, 0.29) is 6.10 Å². The molecule has 0 aliphatic heterocycles. The zero-order valence-corrected chi connectivity index (χ0v) is 15.3. The quantitative estimate of drug-likeness (QED) is 0.694. The predicted octanol–water partition coefficient (Wildman–Crippen LogP) is 5.24. The Morgan fingerprint density at radius 1 is 0.667 bits per heavy atom. The van der Waals surface area contributed by atoms with Crippen LogP contribution in [0.2, 0.25) is 0 Å². The van der Waals surface area contributed by atoms with Gasteiger partial charge in [-0.2, -0.15) is 0 Å². The molecule has 0 aromatic rings. The first-order valence-corrected chi connectivity index (χ1v) is 10.0. The van der Waals surface area contributed by atoms with Crippen LogP contribution >= 0.6 is 0 Å². The first kappa shape index (κ1) is 18.6. The van der Waals surface area contributed by atoms with Gasteiger partial charge in [0.05, 0.1) is 18.3 Å². The Balaban J connectivity index is 1.42. The Morgan fingerprint density at radius 2 is 1.17 bits per heavy atom. The summed E-state index contributed by atoms with van der Waals surface area (Å²) in [7, 11) is 1.46. The molecular weight excluding hydrogens is 310 g/mol. The van der Waals surface area contributed by atoms with Crippen LogP contribution in [0, 0.1) is 17.8 Å². The van der Waals surface area contributed by atoms with Crippen molar-refractivity contribution in [3.8, 4) is 0 Å². The number of ether oxygens (including phenoxy) is 2. The second-order valence-electron chi connectivity index (χ2n) is 8.47. The van der Waals surface area contributed by atoms with E-state index in [1.165, 1.54) is 45.6 Å². The second-order valence-corrected chi connectivity index (χ2v) is 8.47. The maximum absolute atomic E-state index is 14.3. The summed E-state index contributed by atoms with van der Waals surface area (Å²) in [5.41, 5.74) is 0. The molecule has 140 valence electrons. The summed E-state index contributed by atoms with van der Waals surface area (Å²) in [6.45, 7) is 2.37. The second kappa shape index (κ2) is 8.44. The van der Waals surface area contributed by atoms with Crippen molar-refractivity contribution in [2.75, 3.05) is 7.11 Å².